The molecule has 2 aromatic rings. The lowest BCUT2D eigenvalue weighted by molar-refractivity contribution is -0.201. The van der Waals surface area contributed by atoms with Gasteiger partial charge in [0.2, 0.25) is 0 Å². The predicted octanol–water partition coefficient (Wildman–Crippen LogP) is 4.25. The first kappa shape index (κ1) is 18.8. The Balaban J connectivity index is 1.89. The monoisotopic (exact) mass is 386 g/mol. The molecule has 3 N–H and O–H groups in total. The Bertz CT molecular complexity index is 850. The molecule has 4 rings (SSSR count). The normalized spacial score (nSPS) is 38.1. The number of alkyl halides is 1. The summed E-state index contributed by atoms with van der Waals surface area (Å²) >= 11 is 7.07. The molecule has 1 unspecified atom stereocenters. The molecule has 0 aromatic heterocycles. The van der Waals surface area contributed by atoms with Crippen molar-refractivity contribution in [1.29, 1.82) is 0 Å². The second-order valence-corrected chi connectivity index (χ2v) is 8.85. The molecule has 144 valence electrons. The highest BCUT2D eigenvalue weighted by atomic mass is 35.5. The number of aryl methyl sites for hydroxylation is 1. The van der Waals surface area contributed by atoms with E-state index in [0.717, 1.165) is 30.4 Å². The minimum absolute atomic E-state index is 0.146. The van der Waals surface area contributed by atoms with E-state index in [0.29, 0.717) is 12.0 Å². The smallest absolute Gasteiger partial charge is 0.120 e. The highest BCUT2D eigenvalue weighted by Crippen LogP contribution is 2.61. The van der Waals surface area contributed by atoms with Crippen molar-refractivity contribution in [3.8, 4) is 5.75 Å². The summed E-state index contributed by atoms with van der Waals surface area (Å²) in [7, 11) is 0. The van der Waals surface area contributed by atoms with Gasteiger partial charge in [-0.15, -0.1) is 11.6 Å². The fourth-order valence-electron chi connectivity index (χ4n) is 5.73. The van der Waals surface area contributed by atoms with E-state index in [1.807, 2.05) is 42.5 Å². The van der Waals surface area contributed by atoms with Crippen molar-refractivity contribution in [3.05, 3.63) is 65.2 Å². The van der Waals surface area contributed by atoms with E-state index < -0.39 is 22.0 Å². The minimum atomic E-state index is -1.51. The van der Waals surface area contributed by atoms with Crippen LogP contribution in [0.25, 0.3) is 0 Å². The van der Waals surface area contributed by atoms with Crippen LogP contribution in [0.5, 0.6) is 5.75 Å². The summed E-state index contributed by atoms with van der Waals surface area (Å²) in [6, 6.07) is 14.9. The first-order valence-corrected chi connectivity index (χ1v) is 10.2. The number of phenols is 1. The molecule has 0 bridgehead atoms. The van der Waals surface area contributed by atoms with Crippen molar-refractivity contribution in [2.24, 2.45) is 5.92 Å². The van der Waals surface area contributed by atoms with Crippen LogP contribution in [0.2, 0.25) is 0 Å². The van der Waals surface area contributed by atoms with Crippen LogP contribution >= 0.6 is 11.6 Å². The van der Waals surface area contributed by atoms with Gasteiger partial charge in [0.15, 0.2) is 0 Å². The van der Waals surface area contributed by atoms with Crippen LogP contribution in [0.3, 0.4) is 0 Å². The number of benzene rings is 2. The van der Waals surface area contributed by atoms with Crippen molar-refractivity contribution in [3.63, 3.8) is 0 Å². The van der Waals surface area contributed by atoms with Crippen LogP contribution in [0.1, 0.15) is 49.8 Å². The number of phenolic OH excluding ortho intramolecular Hbond substituents is 1. The Hall–Kier alpha value is -1.55. The Kier molecular flexibility index (Phi) is 4.34. The van der Waals surface area contributed by atoms with Gasteiger partial charge in [-0.3, -0.25) is 0 Å². The van der Waals surface area contributed by atoms with Crippen LogP contribution < -0.4 is 0 Å². The lowest BCUT2D eigenvalue weighted by Gasteiger charge is -2.61. The van der Waals surface area contributed by atoms with Crippen LogP contribution in [-0.2, 0) is 17.4 Å². The van der Waals surface area contributed by atoms with Gasteiger partial charge in [0.05, 0.1) is 5.38 Å². The summed E-state index contributed by atoms with van der Waals surface area (Å²) in [4.78, 5) is 0. The zero-order valence-electron chi connectivity index (χ0n) is 15.8. The van der Waals surface area contributed by atoms with Crippen molar-refractivity contribution in [1.82, 2.24) is 0 Å². The third-order valence-electron chi connectivity index (χ3n) is 7.24. The Morgan fingerprint density at radius 1 is 1.11 bits per heavy atom. The van der Waals surface area contributed by atoms with Crippen LogP contribution in [0.4, 0.5) is 0 Å². The molecular weight excluding hydrogens is 360 g/mol. The highest BCUT2D eigenvalue weighted by molar-refractivity contribution is 6.22. The number of aliphatic hydroxyl groups is 2. The average molecular weight is 387 g/mol. The molecule has 1 fully saturated rings. The van der Waals surface area contributed by atoms with E-state index in [1.54, 1.807) is 13.0 Å². The van der Waals surface area contributed by atoms with Gasteiger partial charge >= 0.3 is 0 Å². The maximum Gasteiger partial charge on any atom is 0.120 e. The fourth-order valence-corrected chi connectivity index (χ4v) is 6.36. The van der Waals surface area contributed by atoms with Gasteiger partial charge in [-0.1, -0.05) is 43.3 Å². The summed E-state index contributed by atoms with van der Waals surface area (Å²) in [6.45, 7) is 3.77. The second kappa shape index (κ2) is 6.23. The van der Waals surface area contributed by atoms with Gasteiger partial charge in [-0.05, 0) is 67.3 Å². The van der Waals surface area contributed by atoms with Gasteiger partial charge in [0, 0.05) is 5.41 Å². The SMILES string of the molecule is CC[C@]12c3ccc(O)cc3CC[C@@H]1C[C@@](O)(c1ccccc1)[C@@](C)(O)C2Cl. The first-order chi connectivity index (χ1) is 12.8. The van der Waals surface area contributed by atoms with Gasteiger partial charge in [0.25, 0.3) is 0 Å². The molecule has 0 radical (unpaired) electrons. The summed E-state index contributed by atoms with van der Waals surface area (Å²) in [5.41, 5.74) is -0.434. The summed E-state index contributed by atoms with van der Waals surface area (Å²) in [5, 5.41) is 32.6. The zero-order chi connectivity index (χ0) is 19.4. The summed E-state index contributed by atoms with van der Waals surface area (Å²) < 4.78 is 0. The van der Waals surface area contributed by atoms with Crippen molar-refractivity contribution < 1.29 is 15.3 Å². The van der Waals surface area contributed by atoms with E-state index in [9.17, 15) is 15.3 Å². The number of hydrogen-bond donors (Lipinski definition) is 3. The van der Waals surface area contributed by atoms with Crippen LogP contribution in [0, 0.1) is 5.92 Å². The van der Waals surface area contributed by atoms with E-state index in [2.05, 4.69) is 6.92 Å². The number of hydrogen-bond acceptors (Lipinski definition) is 3. The predicted molar refractivity (Wildman–Crippen MR) is 107 cm³/mol. The number of rotatable bonds is 2. The number of halogens is 1. The third-order valence-corrected chi connectivity index (χ3v) is 8.06. The van der Waals surface area contributed by atoms with Gasteiger partial charge < -0.3 is 15.3 Å². The van der Waals surface area contributed by atoms with Crippen molar-refractivity contribution in [2.75, 3.05) is 0 Å². The second-order valence-electron chi connectivity index (χ2n) is 8.41. The lowest BCUT2D eigenvalue weighted by atomic mass is 9.48. The topological polar surface area (TPSA) is 60.7 Å². The number of fused-ring (bicyclic) bond motifs is 3. The van der Waals surface area contributed by atoms with E-state index in [-0.39, 0.29) is 11.7 Å². The quantitative estimate of drug-likeness (QED) is 0.676. The largest absolute Gasteiger partial charge is 0.508 e. The molecule has 2 aliphatic carbocycles. The average Bonchev–Trinajstić information content (AvgIpc) is 2.67. The summed E-state index contributed by atoms with van der Waals surface area (Å²) in [5.74, 6) is 0.403. The molecule has 3 nitrogen and oxygen atoms in total. The van der Waals surface area contributed by atoms with Gasteiger partial charge in [0.1, 0.15) is 17.0 Å². The minimum Gasteiger partial charge on any atom is -0.508 e. The first-order valence-electron chi connectivity index (χ1n) is 9.74. The third kappa shape index (κ3) is 2.41. The molecule has 1 saturated carbocycles. The van der Waals surface area contributed by atoms with E-state index in [4.69, 9.17) is 11.6 Å². The Labute approximate surface area is 165 Å². The zero-order valence-corrected chi connectivity index (χ0v) is 16.6. The maximum absolute atomic E-state index is 11.7. The van der Waals surface area contributed by atoms with Gasteiger partial charge in [-0.2, -0.15) is 0 Å². The standard InChI is InChI=1S/C23H27ClO3/c1-3-22-17(10-9-15-13-18(25)11-12-19(15)22)14-23(27,21(2,26)20(22)24)16-7-5-4-6-8-16/h4-8,11-13,17,20,25-27H,3,9-10,14H2,1-2H3/t17-,20?,21+,22-,23-/m1/s1. The van der Waals surface area contributed by atoms with E-state index >= 15 is 0 Å². The van der Waals surface area contributed by atoms with Crippen molar-refractivity contribution in [2.45, 2.75) is 61.5 Å². The molecule has 0 aliphatic heterocycles. The fraction of sp³-hybridized carbons (Fsp3) is 0.478. The van der Waals surface area contributed by atoms with Gasteiger partial charge in [-0.25, -0.2) is 0 Å². The molecular formula is C23H27ClO3. The van der Waals surface area contributed by atoms with E-state index in [1.165, 1.54) is 0 Å². The molecule has 4 heteroatoms. The number of aromatic hydroxyl groups is 1. The molecule has 27 heavy (non-hydrogen) atoms. The molecule has 5 atom stereocenters. The van der Waals surface area contributed by atoms with Crippen molar-refractivity contribution >= 4 is 11.6 Å². The van der Waals surface area contributed by atoms with Crippen LogP contribution in [0.15, 0.2) is 48.5 Å². The van der Waals surface area contributed by atoms with Crippen LogP contribution in [-0.4, -0.2) is 26.3 Å². The molecule has 0 amide bonds. The molecule has 0 saturated heterocycles. The molecule has 2 aromatic carbocycles. The Morgan fingerprint density at radius 3 is 2.48 bits per heavy atom. The summed E-state index contributed by atoms with van der Waals surface area (Å²) in [6.07, 6.45) is 2.94. The molecule has 0 heterocycles. The highest BCUT2D eigenvalue weighted by Gasteiger charge is 2.66. The molecule has 0 spiro atoms. The Morgan fingerprint density at radius 2 is 1.81 bits per heavy atom. The maximum atomic E-state index is 11.7. The lowest BCUT2D eigenvalue weighted by Crippen LogP contribution is -2.69. The molecule has 2 aliphatic rings.